The summed E-state index contributed by atoms with van der Waals surface area (Å²) in [4.78, 5) is 37.5. The maximum absolute atomic E-state index is 12.7. The molecule has 2 aromatic heterocycles. The molecule has 0 aromatic carbocycles. The van der Waals surface area contributed by atoms with Gasteiger partial charge in [-0.05, 0) is 30.7 Å². The maximum atomic E-state index is 12.7. The van der Waals surface area contributed by atoms with Crippen LogP contribution in [0.25, 0.3) is 10.2 Å². The first-order valence-electron chi connectivity index (χ1n) is 8.71. The summed E-state index contributed by atoms with van der Waals surface area (Å²) in [7, 11) is 0. The van der Waals surface area contributed by atoms with E-state index in [2.05, 4.69) is 5.32 Å². The number of unbranched alkanes of at least 4 members (excludes halogenated alkanes) is 1. The molecular weight excluding hydrogens is 342 g/mol. The van der Waals surface area contributed by atoms with E-state index in [1.165, 1.54) is 20.5 Å². The van der Waals surface area contributed by atoms with Gasteiger partial charge >= 0.3 is 5.69 Å². The van der Waals surface area contributed by atoms with Gasteiger partial charge in [-0.25, -0.2) is 4.79 Å². The third-order valence-corrected chi connectivity index (χ3v) is 5.32. The van der Waals surface area contributed by atoms with Crippen molar-refractivity contribution in [2.75, 3.05) is 13.2 Å². The lowest BCUT2D eigenvalue weighted by molar-refractivity contribution is -0.122. The lowest BCUT2D eigenvalue weighted by atomic mass is 10.2. The number of aromatic nitrogens is 2. The number of rotatable bonds is 7. The fourth-order valence-corrected chi connectivity index (χ4v) is 3.88. The predicted molar refractivity (Wildman–Crippen MR) is 97.2 cm³/mol. The molecular formula is C17H23N3O4S. The summed E-state index contributed by atoms with van der Waals surface area (Å²) in [6, 6.07) is 1.72. The molecule has 1 aliphatic rings. The summed E-state index contributed by atoms with van der Waals surface area (Å²) in [5.74, 6) is -0.245. The van der Waals surface area contributed by atoms with Crippen LogP contribution in [0.15, 0.2) is 21.0 Å². The van der Waals surface area contributed by atoms with Crippen LogP contribution in [-0.2, 0) is 22.6 Å². The van der Waals surface area contributed by atoms with E-state index in [-0.39, 0.29) is 24.1 Å². The minimum absolute atomic E-state index is 0.0559. The lowest BCUT2D eigenvalue weighted by Crippen LogP contribution is -2.43. The minimum atomic E-state index is -0.420. The highest BCUT2D eigenvalue weighted by Crippen LogP contribution is 2.15. The zero-order valence-electron chi connectivity index (χ0n) is 14.3. The average molecular weight is 365 g/mol. The second-order valence-corrected chi connectivity index (χ2v) is 7.17. The highest BCUT2D eigenvalue weighted by atomic mass is 32.1. The Kier molecular flexibility index (Phi) is 5.70. The maximum Gasteiger partial charge on any atom is 0.332 e. The Labute approximate surface area is 149 Å². The van der Waals surface area contributed by atoms with Crippen molar-refractivity contribution in [2.45, 2.75) is 51.8 Å². The monoisotopic (exact) mass is 365 g/mol. The number of carbonyl (C=O) groups excluding carboxylic acids is 1. The van der Waals surface area contributed by atoms with Gasteiger partial charge in [0.2, 0.25) is 5.91 Å². The Morgan fingerprint density at radius 3 is 2.96 bits per heavy atom. The largest absolute Gasteiger partial charge is 0.376 e. The van der Waals surface area contributed by atoms with Gasteiger partial charge in [-0.2, -0.15) is 0 Å². The molecule has 136 valence electrons. The lowest BCUT2D eigenvalue weighted by Gasteiger charge is -2.14. The van der Waals surface area contributed by atoms with Crippen molar-refractivity contribution in [3.8, 4) is 0 Å². The first-order valence-corrected chi connectivity index (χ1v) is 9.59. The molecule has 3 rings (SSSR count). The molecule has 1 unspecified atom stereocenters. The molecule has 3 heterocycles. The van der Waals surface area contributed by atoms with Crippen LogP contribution in [0.2, 0.25) is 0 Å². The molecule has 1 atom stereocenters. The quantitative estimate of drug-likeness (QED) is 0.802. The van der Waals surface area contributed by atoms with Crippen molar-refractivity contribution in [3.05, 3.63) is 32.3 Å². The third-order valence-electron chi connectivity index (χ3n) is 4.42. The second-order valence-electron chi connectivity index (χ2n) is 6.25. The number of nitrogens with one attached hydrogen (secondary N) is 1. The van der Waals surface area contributed by atoms with Gasteiger partial charge in [-0.3, -0.25) is 18.7 Å². The number of ether oxygens (including phenoxy) is 1. The van der Waals surface area contributed by atoms with E-state index < -0.39 is 5.69 Å². The fourth-order valence-electron chi connectivity index (χ4n) is 3.03. The summed E-state index contributed by atoms with van der Waals surface area (Å²) in [5.41, 5.74) is -0.156. The summed E-state index contributed by atoms with van der Waals surface area (Å²) < 4.78 is 8.65. The summed E-state index contributed by atoms with van der Waals surface area (Å²) in [5, 5.41) is 4.60. The third kappa shape index (κ3) is 3.85. The van der Waals surface area contributed by atoms with E-state index in [9.17, 15) is 14.4 Å². The number of hydrogen-bond acceptors (Lipinski definition) is 5. The highest BCUT2D eigenvalue weighted by molar-refractivity contribution is 7.17. The number of fused-ring (bicyclic) bond motifs is 1. The molecule has 2 aromatic rings. The molecule has 1 saturated heterocycles. The van der Waals surface area contributed by atoms with E-state index in [0.29, 0.717) is 23.3 Å². The van der Waals surface area contributed by atoms with Gasteiger partial charge in [0, 0.05) is 19.7 Å². The summed E-state index contributed by atoms with van der Waals surface area (Å²) in [6.07, 6.45) is 3.64. The van der Waals surface area contributed by atoms with Crippen molar-refractivity contribution in [1.29, 1.82) is 0 Å². The number of amides is 1. The van der Waals surface area contributed by atoms with Gasteiger partial charge in [-0.1, -0.05) is 13.3 Å². The normalized spacial score (nSPS) is 17.2. The van der Waals surface area contributed by atoms with E-state index >= 15 is 0 Å². The Balaban J connectivity index is 1.84. The first kappa shape index (κ1) is 17.9. The SMILES string of the molecule is CCCCn1c(=O)c2sccc2n(CC(=O)NCC2CCCO2)c1=O. The summed E-state index contributed by atoms with van der Waals surface area (Å²) in [6.45, 7) is 3.48. The zero-order chi connectivity index (χ0) is 17.8. The van der Waals surface area contributed by atoms with Gasteiger partial charge in [0.15, 0.2) is 0 Å². The van der Waals surface area contributed by atoms with Crippen LogP contribution in [0, 0.1) is 0 Å². The second kappa shape index (κ2) is 7.97. The number of thiophene rings is 1. The van der Waals surface area contributed by atoms with Gasteiger partial charge in [0.05, 0.1) is 11.6 Å². The molecule has 7 nitrogen and oxygen atoms in total. The molecule has 0 saturated carbocycles. The Morgan fingerprint density at radius 1 is 1.40 bits per heavy atom. The van der Waals surface area contributed by atoms with Crippen LogP contribution in [0.3, 0.4) is 0 Å². The Morgan fingerprint density at radius 2 is 2.24 bits per heavy atom. The van der Waals surface area contributed by atoms with E-state index in [4.69, 9.17) is 4.74 Å². The van der Waals surface area contributed by atoms with Crippen LogP contribution in [-0.4, -0.2) is 34.3 Å². The topological polar surface area (TPSA) is 82.3 Å². The van der Waals surface area contributed by atoms with Gasteiger partial charge in [-0.15, -0.1) is 11.3 Å². The molecule has 25 heavy (non-hydrogen) atoms. The minimum Gasteiger partial charge on any atom is -0.376 e. The molecule has 1 aliphatic heterocycles. The predicted octanol–water partition coefficient (Wildman–Crippen LogP) is 1.32. The van der Waals surface area contributed by atoms with Gasteiger partial charge in [0.25, 0.3) is 5.56 Å². The molecule has 0 spiro atoms. The summed E-state index contributed by atoms with van der Waals surface area (Å²) >= 11 is 1.30. The standard InChI is InChI=1S/C17H23N3O4S/c1-2-3-7-19-16(22)15-13(6-9-25-15)20(17(19)23)11-14(21)18-10-12-5-4-8-24-12/h6,9,12H,2-5,7-8,10-11H2,1H3,(H,18,21). The van der Waals surface area contributed by atoms with Crippen molar-refractivity contribution in [3.63, 3.8) is 0 Å². The fraction of sp³-hybridized carbons (Fsp3) is 0.588. The molecule has 1 N–H and O–H groups in total. The zero-order valence-corrected chi connectivity index (χ0v) is 15.1. The number of carbonyl (C=O) groups is 1. The van der Waals surface area contributed by atoms with Crippen molar-refractivity contribution < 1.29 is 9.53 Å². The van der Waals surface area contributed by atoms with Crippen molar-refractivity contribution >= 4 is 27.5 Å². The van der Waals surface area contributed by atoms with E-state index in [1.807, 2.05) is 6.92 Å². The molecule has 0 radical (unpaired) electrons. The molecule has 0 bridgehead atoms. The van der Waals surface area contributed by atoms with Gasteiger partial charge in [0.1, 0.15) is 11.2 Å². The Hall–Kier alpha value is -1.93. The average Bonchev–Trinajstić information content (AvgIpc) is 3.28. The van der Waals surface area contributed by atoms with Crippen molar-refractivity contribution in [1.82, 2.24) is 14.5 Å². The van der Waals surface area contributed by atoms with Crippen LogP contribution < -0.4 is 16.6 Å². The van der Waals surface area contributed by atoms with Crippen molar-refractivity contribution in [2.24, 2.45) is 0 Å². The first-order chi connectivity index (χ1) is 12.1. The molecule has 0 aliphatic carbocycles. The van der Waals surface area contributed by atoms with Crippen LogP contribution >= 0.6 is 11.3 Å². The molecule has 1 fully saturated rings. The van der Waals surface area contributed by atoms with Crippen LogP contribution in [0.1, 0.15) is 32.6 Å². The van der Waals surface area contributed by atoms with Crippen LogP contribution in [0.5, 0.6) is 0 Å². The molecule has 1 amide bonds. The highest BCUT2D eigenvalue weighted by Gasteiger charge is 2.18. The Bertz CT molecular complexity index is 861. The number of hydrogen-bond donors (Lipinski definition) is 1. The number of nitrogens with zero attached hydrogens (tertiary/aromatic N) is 2. The van der Waals surface area contributed by atoms with E-state index in [1.54, 1.807) is 11.4 Å². The van der Waals surface area contributed by atoms with Gasteiger partial charge < -0.3 is 10.1 Å². The van der Waals surface area contributed by atoms with E-state index in [0.717, 1.165) is 32.3 Å². The van der Waals surface area contributed by atoms with Crippen LogP contribution in [0.4, 0.5) is 0 Å². The molecule has 8 heteroatoms. The smallest absolute Gasteiger partial charge is 0.332 e.